The average Bonchev–Trinajstić information content (AvgIpc) is 2.43. The summed E-state index contributed by atoms with van der Waals surface area (Å²) in [5.41, 5.74) is 5.81. The van der Waals surface area contributed by atoms with Crippen molar-refractivity contribution in [3.63, 3.8) is 0 Å². The highest BCUT2D eigenvalue weighted by molar-refractivity contribution is 7.92. The van der Waals surface area contributed by atoms with Gasteiger partial charge in [-0.05, 0) is 30.3 Å². The van der Waals surface area contributed by atoms with Gasteiger partial charge in [-0.3, -0.25) is 4.72 Å². The largest absolute Gasteiger partial charge is 0.497 e. The molecule has 0 radical (unpaired) electrons. The third-order valence-electron chi connectivity index (χ3n) is 2.69. The lowest BCUT2D eigenvalue weighted by Crippen LogP contribution is -2.16. The van der Waals surface area contributed by atoms with Gasteiger partial charge in [-0.2, -0.15) is 0 Å². The summed E-state index contributed by atoms with van der Waals surface area (Å²) in [7, 11) is -2.86. The number of nitrogens with one attached hydrogen (secondary N) is 1. The van der Waals surface area contributed by atoms with E-state index in [-0.39, 0.29) is 11.4 Å². The van der Waals surface area contributed by atoms with E-state index < -0.39 is 26.6 Å². The Morgan fingerprint density at radius 3 is 2.48 bits per heavy atom. The number of methoxy groups -OCH3 is 1. The predicted molar refractivity (Wildman–Crippen MR) is 74.6 cm³/mol. The van der Waals surface area contributed by atoms with Crippen molar-refractivity contribution in [3.8, 4) is 5.75 Å². The molecule has 5 nitrogen and oxygen atoms in total. The fourth-order valence-corrected chi connectivity index (χ4v) is 2.82. The molecule has 0 heterocycles. The molecular weight excluding hydrogens is 302 g/mol. The van der Waals surface area contributed by atoms with Crippen molar-refractivity contribution in [1.82, 2.24) is 0 Å². The van der Waals surface area contributed by atoms with Gasteiger partial charge in [0.15, 0.2) is 0 Å². The van der Waals surface area contributed by atoms with Gasteiger partial charge in [0.05, 0.1) is 18.5 Å². The number of anilines is 2. The molecule has 0 spiro atoms. The van der Waals surface area contributed by atoms with Crippen LogP contribution in [0.5, 0.6) is 5.75 Å². The molecule has 0 bridgehead atoms. The molecule has 0 aliphatic rings. The Morgan fingerprint density at radius 1 is 1.14 bits per heavy atom. The van der Waals surface area contributed by atoms with Crippen molar-refractivity contribution in [1.29, 1.82) is 0 Å². The van der Waals surface area contributed by atoms with Crippen LogP contribution >= 0.6 is 0 Å². The van der Waals surface area contributed by atoms with Crippen LogP contribution in [0.4, 0.5) is 20.2 Å². The first-order valence-electron chi connectivity index (χ1n) is 5.75. The third-order valence-corrected chi connectivity index (χ3v) is 4.07. The number of benzene rings is 2. The molecule has 0 amide bonds. The van der Waals surface area contributed by atoms with Crippen LogP contribution in [0.15, 0.2) is 41.3 Å². The molecule has 0 aromatic heterocycles. The minimum atomic E-state index is -4.29. The summed E-state index contributed by atoms with van der Waals surface area (Å²) in [6, 6.07) is 6.41. The Bertz CT molecular complexity index is 779. The molecule has 0 saturated carbocycles. The van der Waals surface area contributed by atoms with E-state index in [0.717, 1.165) is 12.1 Å². The minimum Gasteiger partial charge on any atom is -0.497 e. The average molecular weight is 314 g/mol. The van der Waals surface area contributed by atoms with E-state index in [9.17, 15) is 17.2 Å². The summed E-state index contributed by atoms with van der Waals surface area (Å²) in [6.07, 6.45) is 0. The third kappa shape index (κ3) is 3.22. The Labute approximate surface area is 120 Å². The number of rotatable bonds is 4. The van der Waals surface area contributed by atoms with Gasteiger partial charge in [0, 0.05) is 6.07 Å². The molecule has 2 aromatic rings. The molecule has 2 rings (SSSR count). The quantitative estimate of drug-likeness (QED) is 0.849. The molecule has 0 aliphatic carbocycles. The van der Waals surface area contributed by atoms with E-state index in [4.69, 9.17) is 10.5 Å². The highest BCUT2D eigenvalue weighted by Crippen LogP contribution is 2.27. The molecule has 0 unspecified atom stereocenters. The predicted octanol–water partition coefficient (Wildman–Crippen LogP) is 2.36. The van der Waals surface area contributed by atoms with Crippen LogP contribution in [0.25, 0.3) is 0 Å². The molecule has 0 fully saturated rings. The monoisotopic (exact) mass is 314 g/mol. The summed E-state index contributed by atoms with van der Waals surface area (Å²) in [4.78, 5) is -0.794. The molecular formula is C13H12F2N2O3S. The van der Waals surface area contributed by atoms with Gasteiger partial charge in [0.1, 0.15) is 22.3 Å². The maximum absolute atomic E-state index is 13.6. The molecule has 0 aliphatic heterocycles. The smallest absolute Gasteiger partial charge is 0.264 e. The molecule has 8 heteroatoms. The molecule has 0 saturated heterocycles. The van der Waals surface area contributed by atoms with Crippen molar-refractivity contribution >= 4 is 21.4 Å². The van der Waals surface area contributed by atoms with Gasteiger partial charge in [-0.15, -0.1) is 0 Å². The standard InChI is InChI=1S/C13H12F2N2O3S/c1-20-9-3-5-12(11(16)7-9)17-21(18,19)13-6-8(14)2-4-10(13)15/h2-7,17H,16H2,1H3. The molecule has 3 N–H and O–H groups in total. The lowest BCUT2D eigenvalue weighted by molar-refractivity contribution is 0.415. The summed E-state index contributed by atoms with van der Waals surface area (Å²) in [5, 5.41) is 0. The van der Waals surface area contributed by atoms with Gasteiger partial charge in [-0.25, -0.2) is 17.2 Å². The van der Waals surface area contributed by atoms with Gasteiger partial charge in [0.2, 0.25) is 0 Å². The zero-order valence-electron chi connectivity index (χ0n) is 10.9. The summed E-state index contributed by atoms with van der Waals surface area (Å²) >= 11 is 0. The topological polar surface area (TPSA) is 81.4 Å². The van der Waals surface area contributed by atoms with E-state index in [0.29, 0.717) is 11.8 Å². The van der Waals surface area contributed by atoms with Crippen molar-refractivity contribution in [2.75, 3.05) is 17.6 Å². The van der Waals surface area contributed by atoms with E-state index in [1.807, 2.05) is 0 Å². The number of hydrogen-bond acceptors (Lipinski definition) is 4. The van der Waals surface area contributed by atoms with Crippen LogP contribution in [-0.2, 0) is 10.0 Å². The zero-order valence-corrected chi connectivity index (χ0v) is 11.7. The molecule has 21 heavy (non-hydrogen) atoms. The van der Waals surface area contributed by atoms with Gasteiger partial charge >= 0.3 is 0 Å². The number of nitrogens with two attached hydrogens (primary N) is 1. The van der Waals surface area contributed by atoms with Crippen molar-refractivity contribution in [2.45, 2.75) is 4.90 Å². The Hall–Kier alpha value is -2.35. The number of halogens is 2. The van der Waals surface area contributed by atoms with Crippen molar-refractivity contribution in [2.24, 2.45) is 0 Å². The second-order valence-corrected chi connectivity index (χ2v) is 5.78. The maximum atomic E-state index is 13.6. The van der Waals surface area contributed by atoms with Crippen LogP contribution in [-0.4, -0.2) is 15.5 Å². The normalized spacial score (nSPS) is 11.2. The second-order valence-electron chi connectivity index (χ2n) is 4.13. The summed E-state index contributed by atoms with van der Waals surface area (Å²) < 4.78 is 57.8. The van der Waals surface area contributed by atoms with E-state index in [1.54, 1.807) is 0 Å². The maximum Gasteiger partial charge on any atom is 0.264 e. The van der Waals surface area contributed by atoms with Crippen molar-refractivity contribution < 1.29 is 21.9 Å². The minimum absolute atomic E-state index is 0.0412. The Kier molecular flexibility index (Phi) is 3.99. The number of ether oxygens (including phenoxy) is 1. The van der Waals surface area contributed by atoms with E-state index in [1.165, 1.54) is 25.3 Å². The second kappa shape index (κ2) is 5.57. The first kappa shape index (κ1) is 15.0. The van der Waals surface area contributed by atoms with Gasteiger partial charge in [0.25, 0.3) is 10.0 Å². The van der Waals surface area contributed by atoms with Crippen LogP contribution in [0.3, 0.4) is 0 Å². The summed E-state index contributed by atoms with van der Waals surface area (Å²) in [5.74, 6) is -1.48. The van der Waals surface area contributed by atoms with Crippen LogP contribution in [0.2, 0.25) is 0 Å². The fraction of sp³-hybridized carbons (Fsp3) is 0.0769. The first-order chi connectivity index (χ1) is 9.83. The molecule has 0 atom stereocenters. The highest BCUT2D eigenvalue weighted by Gasteiger charge is 2.21. The lowest BCUT2D eigenvalue weighted by Gasteiger charge is -2.12. The molecule has 2 aromatic carbocycles. The SMILES string of the molecule is COc1ccc(NS(=O)(=O)c2cc(F)ccc2F)c(N)c1. The van der Waals surface area contributed by atoms with E-state index >= 15 is 0 Å². The fourth-order valence-electron chi connectivity index (χ4n) is 1.64. The van der Waals surface area contributed by atoms with Crippen LogP contribution in [0, 0.1) is 11.6 Å². The number of hydrogen-bond donors (Lipinski definition) is 2. The number of nitrogen functional groups attached to an aromatic ring is 1. The van der Waals surface area contributed by atoms with Crippen LogP contribution < -0.4 is 15.2 Å². The van der Waals surface area contributed by atoms with Crippen LogP contribution in [0.1, 0.15) is 0 Å². The van der Waals surface area contributed by atoms with Gasteiger partial charge in [-0.1, -0.05) is 0 Å². The summed E-state index contributed by atoms with van der Waals surface area (Å²) in [6.45, 7) is 0. The van der Waals surface area contributed by atoms with Gasteiger partial charge < -0.3 is 10.5 Å². The van der Waals surface area contributed by atoms with Crippen molar-refractivity contribution in [3.05, 3.63) is 48.0 Å². The first-order valence-corrected chi connectivity index (χ1v) is 7.23. The zero-order chi connectivity index (χ0) is 15.6. The Balaban J connectivity index is 2.40. The highest BCUT2D eigenvalue weighted by atomic mass is 32.2. The van der Waals surface area contributed by atoms with E-state index in [2.05, 4.69) is 4.72 Å². The Morgan fingerprint density at radius 2 is 1.86 bits per heavy atom. The number of sulfonamides is 1. The lowest BCUT2D eigenvalue weighted by atomic mass is 10.2. The molecule has 112 valence electrons.